The Morgan fingerprint density at radius 1 is 1.09 bits per heavy atom. The lowest BCUT2D eigenvalue weighted by molar-refractivity contribution is 0.0635. The molecule has 0 fully saturated rings. The first-order chi connectivity index (χ1) is 15.6. The number of nitrogens with zero attached hydrogens (tertiary/aromatic N) is 1. The zero-order valence-corrected chi connectivity index (χ0v) is 18.8. The lowest BCUT2D eigenvalue weighted by Crippen LogP contribution is -2.27. The number of ether oxygens (including phenoxy) is 1. The molecule has 2 aromatic carbocycles. The Morgan fingerprint density at radius 2 is 1.88 bits per heavy atom. The number of thiophene rings is 1. The van der Waals surface area contributed by atoms with Gasteiger partial charge >= 0.3 is 6.09 Å². The van der Waals surface area contributed by atoms with E-state index in [2.05, 4.69) is 20.8 Å². The van der Waals surface area contributed by atoms with E-state index in [1.807, 2.05) is 0 Å². The molecule has 0 atom stereocenters. The molecule has 4 aromatic rings. The first kappa shape index (κ1) is 22.4. The zero-order valence-electron chi connectivity index (χ0n) is 18.0. The topological polar surface area (TPSA) is 96.1 Å². The van der Waals surface area contributed by atoms with Gasteiger partial charge in [-0.25, -0.2) is 13.6 Å². The molecule has 0 saturated heterocycles. The standard InChI is InChI=1S/C23H20F2N4O3S/c1-23(2,3)32-22(31)26-17-7-4-12(10-16(17)24)14-5-6-15-19(18(14)25)28-29-20(15)27-21(30)13-8-9-33-11-13/h4-11H,1-3H3,(H,26,31)(H2,27,28,29,30). The normalized spacial score (nSPS) is 11.4. The summed E-state index contributed by atoms with van der Waals surface area (Å²) in [6.45, 7) is 5.08. The second-order valence-electron chi connectivity index (χ2n) is 8.21. The average molecular weight is 471 g/mol. The summed E-state index contributed by atoms with van der Waals surface area (Å²) in [7, 11) is 0. The van der Waals surface area contributed by atoms with Crippen LogP contribution in [0.3, 0.4) is 0 Å². The van der Waals surface area contributed by atoms with Gasteiger partial charge in [-0.05, 0) is 56.0 Å². The maximum Gasteiger partial charge on any atom is 0.412 e. The monoisotopic (exact) mass is 470 g/mol. The molecule has 0 saturated carbocycles. The Bertz CT molecular complexity index is 1340. The van der Waals surface area contributed by atoms with E-state index < -0.39 is 23.3 Å². The minimum atomic E-state index is -0.795. The van der Waals surface area contributed by atoms with Crippen LogP contribution in [0, 0.1) is 11.6 Å². The predicted octanol–water partition coefficient (Wildman–Crippen LogP) is 6.17. The lowest BCUT2D eigenvalue weighted by atomic mass is 10.0. The van der Waals surface area contributed by atoms with E-state index >= 15 is 4.39 Å². The molecule has 0 aliphatic heterocycles. The molecule has 0 aliphatic carbocycles. The number of aromatic nitrogens is 2. The Hall–Kier alpha value is -3.79. The number of amides is 2. The van der Waals surface area contributed by atoms with Crippen molar-refractivity contribution >= 4 is 45.7 Å². The molecule has 2 amide bonds. The van der Waals surface area contributed by atoms with Crippen molar-refractivity contribution in [1.29, 1.82) is 0 Å². The van der Waals surface area contributed by atoms with E-state index in [0.717, 1.165) is 6.07 Å². The number of nitrogens with one attached hydrogen (secondary N) is 3. The van der Waals surface area contributed by atoms with Crippen LogP contribution in [0.5, 0.6) is 0 Å². The molecule has 2 heterocycles. The van der Waals surface area contributed by atoms with Crippen LogP contribution in [-0.2, 0) is 4.74 Å². The number of rotatable bonds is 4. The third-order valence-corrected chi connectivity index (χ3v) is 5.29. The summed E-state index contributed by atoms with van der Waals surface area (Å²) in [6.07, 6.45) is -0.795. The van der Waals surface area contributed by atoms with Crippen molar-refractivity contribution in [2.45, 2.75) is 26.4 Å². The molecular weight excluding hydrogens is 450 g/mol. The van der Waals surface area contributed by atoms with Crippen LogP contribution in [-0.4, -0.2) is 27.8 Å². The quantitative estimate of drug-likeness (QED) is 0.332. The van der Waals surface area contributed by atoms with E-state index in [-0.39, 0.29) is 34.1 Å². The minimum Gasteiger partial charge on any atom is -0.444 e. The molecule has 0 bridgehead atoms. The number of benzene rings is 2. The summed E-state index contributed by atoms with van der Waals surface area (Å²) in [5.74, 6) is -1.56. The number of fused-ring (bicyclic) bond motifs is 1. The molecule has 0 aliphatic rings. The number of hydrogen-bond donors (Lipinski definition) is 3. The highest BCUT2D eigenvalue weighted by molar-refractivity contribution is 7.08. The summed E-state index contributed by atoms with van der Waals surface area (Å²) >= 11 is 1.38. The first-order valence-electron chi connectivity index (χ1n) is 9.92. The van der Waals surface area contributed by atoms with Crippen LogP contribution < -0.4 is 10.6 Å². The Kier molecular flexibility index (Phi) is 5.86. The molecule has 2 aromatic heterocycles. The number of H-pyrrole nitrogens is 1. The third kappa shape index (κ3) is 4.85. The summed E-state index contributed by atoms with van der Waals surface area (Å²) in [5.41, 5.74) is 0.123. The smallest absolute Gasteiger partial charge is 0.412 e. The molecule has 3 N–H and O–H groups in total. The number of hydrogen-bond acceptors (Lipinski definition) is 5. The van der Waals surface area contributed by atoms with Crippen molar-refractivity contribution in [2.24, 2.45) is 0 Å². The highest BCUT2D eigenvalue weighted by Crippen LogP contribution is 2.32. The Labute approximate surface area is 191 Å². The number of carbonyl (C=O) groups is 2. The van der Waals surface area contributed by atoms with Gasteiger partial charge in [0, 0.05) is 16.3 Å². The third-order valence-electron chi connectivity index (χ3n) is 4.61. The lowest BCUT2D eigenvalue weighted by Gasteiger charge is -2.20. The average Bonchev–Trinajstić information content (AvgIpc) is 3.39. The Balaban J connectivity index is 1.58. The van der Waals surface area contributed by atoms with Crippen molar-refractivity contribution in [1.82, 2.24) is 10.2 Å². The fourth-order valence-electron chi connectivity index (χ4n) is 3.14. The molecule has 0 unspecified atom stereocenters. The summed E-state index contributed by atoms with van der Waals surface area (Å²) in [6, 6.07) is 8.66. The van der Waals surface area contributed by atoms with Crippen molar-refractivity contribution in [3.8, 4) is 11.1 Å². The van der Waals surface area contributed by atoms with Crippen LogP contribution in [0.15, 0.2) is 47.2 Å². The fourth-order valence-corrected chi connectivity index (χ4v) is 3.78. The zero-order chi connectivity index (χ0) is 23.8. The molecule has 10 heteroatoms. The van der Waals surface area contributed by atoms with Crippen molar-refractivity contribution in [3.63, 3.8) is 0 Å². The van der Waals surface area contributed by atoms with Gasteiger partial charge in [0.2, 0.25) is 0 Å². The van der Waals surface area contributed by atoms with Gasteiger partial charge in [0.1, 0.15) is 16.9 Å². The molecule has 0 radical (unpaired) electrons. The highest BCUT2D eigenvalue weighted by Gasteiger charge is 2.20. The molecule has 4 rings (SSSR count). The second-order valence-corrected chi connectivity index (χ2v) is 8.99. The van der Waals surface area contributed by atoms with Crippen LogP contribution >= 0.6 is 11.3 Å². The predicted molar refractivity (Wildman–Crippen MR) is 124 cm³/mol. The van der Waals surface area contributed by atoms with Crippen LogP contribution in [0.4, 0.5) is 25.1 Å². The molecule has 170 valence electrons. The van der Waals surface area contributed by atoms with Crippen molar-refractivity contribution in [3.05, 3.63) is 64.4 Å². The van der Waals surface area contributed by atoms with Crippen molar-refractivity contribution in [2.75, 3.05) is 10.6 Å². The maximum absolute atomic E-state index is 15.2. The van der Waals surface area contributed by atoms with Gasteiger partial charge in [-0.3, -0.25) is 15.2 Å². The highest BCUT2D eigenvalue weighted by atomic mass is 32.1. The van der Waals surface area contributed by atoms with Gasteiger partial charge < -0.3 is 10.1 Å². The van der Waals surface area contributed by atoms with Gasteiger partial charge in [0.15, 0.2) is 11.6 Å². The SMILES string of the molecule is CC(C)(C)OC(=O)Nc1ccc(-c2ccc3c(NC(=O)c4ccsc4)n[nH]c3c2F)cc1F. The van der Waals surface area contributed by atoms with Gasteiger partial charge in [-0.2, -0.15) is 16.4 Å². The summed E-state index contributed by atoms with van der Waals surface area (Å²) in [4.78, 5) is 24.2. The first-order valence-corrected chi connectivity index (χ1v) is 10.9. The van der Waals surface area contributed by atoms with Crippen LogP contribution in [0.2, 0.25) is 0 Å². The minimum absolute atomic E-state index is 0.0736. The van der Waals surface area contributed by atoms with E-state index in [9.17, 15) is 14.0 Å². The second kappa shape index (κ2) is 8.62. The van der Waals surface area contributed by atoms with Gasteiger partial charge in [0.25, 0.3) is 5.91 Å². The van der Waals surface area contributed by atoms with Gasteiger partial charge in [0.05, 0.1) is 11.3 Å². The Morgan fingerprint density at radius 3 is 2.55 bits per heavy atom. The van der Waals surface area contributed by atoms with Crippen LogP contribution in [0.1, 0.15) is 31.1 Å². The van der Waals surface area contributed by atoms with Gasteiger partial charge in [-0.15, -0.1) is 0 Å². The largest absolute Gasteiger partial charge is 0.444 e. The van der Waals surface area contributed by atoms with E-state index in [1.165, 1.54) is 29.5 Å². The summed E-state index contributed by atoms with van der Waals surface area (Å²) in [5, 5.41) is 15.4. The summed E-state index contributed by atoms with van der Waals surface area (Å²) < 4.78 is 34.9. The molecule has 7 nitrogen and oxygen atoms in total. The molecule has 33 heavy (non-hydrogen) atoms. The number of anilines is 2. The number of carbonyl (C=O) groups excluding carboxylic acids is 2. The van der Waals surface area contributed by atoms with Gasteiger partial charge in [-0.1, -0.05) is 12.1 Å². The number of aromatic amines is 1. The molecular formula is C23H20F2N4O3S. The van der Waals surface area contributed by atoms with Crippen molar-refractivity contribution < 1.29 is 23.1 Å². The maximum atomic E-state index is 15.2. The van der Waals surface area contributed by atoms with Crippen LogP contribution in [0.25, 0.3) is 22.0 Å². The van der Waals surface area contributed by atoms with E-state index in [0.29, 0.717) is 10.9 Å². The van der Waals surface area contributed by atoms with E-state index in [1.54, 1.807) is 43.7 Å². The fraction of sp³-hybridized carbons (Fsp3) is 0.174. The number of halogens is 2. The van der Waals surface area contributed by atoms with E-state index in [4.69, 9.17) is 4.74 Å². The molecule has 0 spiro atoms.